The van der Waals surface area contributed by atoms with Gasteiger partial charge >= 0.3 is 0 Å². The van der Waals surface area contributed by atoms with Crippen LogP contribution in [0.5, 0.6) is 0 Å². The van der Waals surface area contributed by atoms with E-state index < -0.39 is 0 Å². The number of hydrogen-bond donors (Lipinski definition) is 1. The van der Waals surface area contributed by atoms with Gasteiger partial charge in [-0.1, -0.05) is 0 Å². The van der Waals surface area contributed by atoms with E-state index in [2.05, 4.69) is 54.6 Å². The molecule has 12 heavy (non-hydrogen) atoms. The highest BCUT2D eigenvalue weighted by Crippen LogP contribution is 2.30. The molecule has 1 rings (SSSR count). The lowest BCUT2D eigenvalue weighted by molar-refractivity contribution is 0.101. The van der Waals surface area contributed by atoms with Crippen LogP contribution in [-0.2, 0) is 0 Å². The monoisotopic (exact) mass is 408 g/mol. The normalized spacial score (nSPS) is 10.3. The zero-order valence-electron chi connectivity index (χ0n) is 6.27. The molecule has 3 nitrogen and oxygen atoms in total. The molecule has 0 amide bonds. The Morgan fingerprint density at radius 2 is 2.08 bits per heavy atom. The Morgan fingerprint density at radius 3 is 2.25 bits per heavy atom. The van der Waals surface area contributed by atoms with Crippen LogP contribution in [0.15, 0.2) is 0 Å². The van der Waals surface area contributed by atoms with E-state index in [1.54, 1.807) is 4.34 Å². The molecule has 1 unspecified atom stereocenters. The maximum Gasteiger partial charge on any atom is 0.164 e. The van der Waals surface area contributed by atoms with Gasteiger partial charge in [0.2, 0.25) is 0 Å². The summed E-state index contributed by atoms with van der Waals surface area (Å²) >= 11 is 4.28. The number of nitrogen functional groups attached to an aromatic ring is 1. The Kier molecular flexibility index (Phi) is 3.39. The van der Waals surface area contributed by atoms with Crippen LogP contribution in [0.25, 0.3) is 0 Å². The summed E-state index contributed by atoms with van der Waals surface area (Å²) < 4.78 is 3.63. The van der Waals surface area contributed by atoms with Crippen LogP contribution >= 0.6 is 54.6 Å². The largest absolute Gasteiger partial charge is 0.384 e. The number of aromatic nitrogens is 1. The first-order valence-corrected chi connectivity index (χ1v) is 5.75. The van der Waals surface area contributed by atoms with Gasteiger partial charge in [-0.25, -0.2) is 0 Å². The minimum absolute atomic E-state index is 0.0102. The van der Waals surface area contributed by atoms with Crippen molar-refractivity contribution in [2.75, 3.05) is 5.73 Å². The average molecular weight is 408 g/mol. The molecule has 1 heterocycles. The summed E-state index contributed by atoms with van der Waals surface area (Å²) in [6.07, 6.45) is 0. The highest BCUT2D eigenvalue weighted by Gasteiger charge is 2.18. The third-order valence-corrected chi connectivity index (χ3v) is 5.68. The molecule has 0 radical (unpaired) electrons. The molecular formula is C6H7I2N2OP. The number of carbonyl (C=O) groups excluding carboxylic acids is 1. The summed E-state index contributed by atoms with van der Waals surface area (Å²) in [5, 5.41) is 0. The summed E-state index contributed by atoms with van der Waals surface area (Å²) in [6.45, 7) is 1.52. The van der Waals surface area contributed by atoms with Gasteiger partial charge in [-0.05, 0) is 61.5 Å². The third kappa shape index (κ3) is 1.63. The second-order valence-electron chi connectivity index (χ2n) is 2.29. The molecule has 0 aromatic carbocycles. The van der Waals surface area contributed by atoms with Crippen LogP contribution < -0.4 is 5.73 Å². The fourth-order valence-electron chi connectivity index (χ4n) is 0.882. The van der Waals surface area contributed by atoms with E-state index >= 15 is 0 Å². The van der Waals surface area contributed by atoms with Crippen LogP contribution in [0, 0.1) is 7.27 Å². The number of Topliss-reactive ketones (excluding diaryl/α,β-unsaturated/α-hetero) is 1. The first-order valence-electron chi connectivity index (χ1n) is 3.08. The molecule has 66 valence electrons. The van der Waals surface area contributed by atoms with E-state index in [1.165, 1.54) is 6.92 Å². The van der Waals surface area contributed by atoms with Gasteiger partial charge < -0.3 is 10.1 Å². The summed E-state index contributed by atoms with van der Waals surface area (Å²) in [7, 11) is 2.47. The van der Waals surface area contributed by atoms with Crippen LogP contribution in [-0.4, -0.2) is 10.1 Å². The Morgan fingerprint density at radius 1 is 1.58 bits per heavy atom. The lowest BCUT2D eigenvalue weighted by Gasteiger charge is -1.97. The van der Waals surface area contributed by atoms with Gasteiger partial charge in [0, 0.05) is 0 Å². The van der Waals surface area contributed by atoms with Crippen molar-refractivity contribution in [3.63, 3.8) is 0 Å². The predicted molar refractivity (Wildman–Crippen MR) is 69.4 cm³/mol. The number of ketones is 1. The zero-order chi connectivity index (χ0) is 9.46. The van der Waals surface area contributed by atoms with Gasteiger partial charge in [-0.3, -0.25) is 4.79 Å². The van der Waals surface area contributed by atoms with Gasteiger partial charge in [0.1, 0.15) is 5.82 Å². The number of hydrogen-bond acceptors (Lipinski definition) is 2. The van der Waals surface area contributed by atoms with Gasteiger partial charge in [-0.2, -0.15) is 0 Å². The molecule has 0 fully saturated rings. The van der Waals surface area contributed by atoms with Crippen molar-refractivity contribution in [3.05, 3.63) is 12.8 Å². The molecular weight excluding hydrogens is 401 g/mol. The van der Waals surface area contributed by atoms with Gasteiger partial charge in [0.25, 0.3) is 0 Å². The first kappa shape index (κ1) is 10.7. The summed E-state index contributed by atoms with van der Waals surface area (Å²) in [5.74, 6) is 0.525. The van der Waals surface area contributed by atoms with Crippen molar-refractivity contribution in [1.29, 1.82) is 0 Å². The van der Waals surface area contributed by atoms with E-state index in [0.717, 1.165) is 7.27 Å². The molecule has 1 aromatic heterocycles. The number of nitrogens with two attached hydrogens (primary N) is 1. The number of anilines is 1. The lowest BCUT2D eigenvalue weighted by atomic mass is 10.2. The molecule has 0 saturated heterocycles. The molecule has 1 atom stereocenters. The number of halogens is 2. The Bertz CT molecular complexity index is 322. The van der Waals surface area contributed by atoms with E-state index in [9.17, 15) is 4.79 Å². The molecule has 2 N–H and O–H groups in total. The topological polar surface area (TPSA) is 48.0 Å². The second kappa shape index (κ2) is 3.79. The maximum absolute atomic E-state index is 11.1. The number of rotatable bonds is 1. The fraction of sp³-hybridized carbons (Fsp3) is 0.167. The molecule has 6 heteroatoms. The fourth-order valence-corrected chi connectivity index (χ4v) is 2.85. The summed E-state index contributed by atoms with van der Waals surface area (Å²) in [5.41, 5.74) is 6.34. The second-order valence-corrected chi connectivity index (χ2v) is 4.91. The van der Waals surface area contributed by atoms with E-state index in [1.807, 2.05) is 0 Å². The van der Waals surface area contributed by atoms with Crippen LogP contribution in [0.3, 0.4) is 0 Å². The summed E-state index contributed by atoms with van der Waals surface area (Å²) in [4.78, 5) is 11.1. The molecule has 0 saturated carbocycles. The van der Waals surface area contributed by atoms with E-state index in [4.69, 9.17) is 5.73 Å². The van der Waals surface area contributed by atoms with Crippen molar-refractivity contribution in [2.24, 2.45) is 0 Å². The van der Waals surface area contributed by atoms with Crippen molar-refractivity contribution < 1.29 is 4.79 Å². The highest BCUT2D eigenvalue weighted by atomic mass is 127. The molecule has 0 aliphatic carbocycles. The Balaban J connectivity index is 3.48. The molecule has 0 aliphatic rings. The molecule has 0 aliphatic heterocycles. The predicted octanol–water partition coefficient (Wildman–Crippen LogP) is 2.12. The number of nitrogens with zero attached hydrogens (tertiary/aromatic N) is 1. The Labute approximate surface area is 100.0 Å². The molecule has 1 aromatic rings. The van der Waals surface area contributed by atoms with Crippen molar-refractivity contribution >= 4 is 66.2 Å². The molecule has 0 spiro atoms. The van der Waals surface area contributed by atoms with E-state index in [-0.39, 0.29) is 5.78 Å². The highest BCUT2D eigenvalue weighted by molar-refractivity contribution is 14.1. The average Bonchev–Trinajstić information content (AvgIpc) is 2.16. The minimum Gasteiger partial charge on any atom is -0.384 e. The first-order chi connectivity index (χ1) is 5.46. The third-order valence-electron chi connectivity index (χ3n) is 1.48. The standard InChI is InChI=1S/C6H7I2N2OP/c1-2(11)3-4(7)5(8)10(12)6(3)9/h9,12H2,1H3. The van der Waals surface area contributed by atoms with Gasteiger partial charge in [-0.15, -0.1) is 0 Å². The summed E-state index contributed by atoms with van der Waals surface area (Å²) in [6, 6.07) is 0. The maximum atomic E-state index is 11.1. The molecule has 0 bridgehead atoms. The van der Waals surface area contributed by atoms with Crippen molar-refractivity contribution in [3.8, 4) is 0 Å². The smallest absolute Gasteiger partial charge is 0.164 e. The minimum atomic E-state index is 0.0102. The zero-order valence-corrected chi connectivity index (χ0v) is 11.7. The van der Waals surface area contributed by atoms with Crippen molar-refractivity contribution in [1.82, 2.24) is 4.34 Å². The Hall–Kier alpha value is 0.640. The van der Waals surface area contributed by atoms with Gasteiger partial charge in [0.05, 0.1) is 12.8 Å². The van der Waals surface area contributed by atoms with E-state index in [0.29, 0.717) is 11.4 Å². The SMILES string of the molecule is CC(=O)c1c(I)c(I)n(P)c1N. The number of carbonyl (C=O) groups is 1. The van der Waals surface area contributed by atoms with Crippen molar-refractivity contribution in [2.45, 2.75) is 6.92 Å². The van der Waals surface area contributed by atoms with Crippen LogP contribution in [0.4, 0.5) is 5.82 Å². The van der Waals surface area contributed by atoms with Crippen LogP contribution in [0.2, 0.25) is 0 Å². The van der Waals surface area contributed by atoms with Gasteiger partial charge in [0.15, 0.2) is 5.78 Å². The lowest BCUT2D eigenvalue weighted by Crippen LogP contribution is -1.99. The quantitative estimate of drug-likeness (QED) is 0.440. The van der Waals surface area contributed by atoms with Crippen LogP contribution in [0.1, 0.15) is 17.3 Å².